The van der Waals surface area contributed by atoms with E-state index in [9.17, 15) is 5.21 Å². The molecule has 0 spiro atoms. The van der Waals surface area contributed by atoms with Crippen molar-refractivity contribution in [3.05, 3.63) is 65.7 Å². The van der Waals surface area contributed by atoms with E-state index in [1.165, 1.54) is 5.06 Å². The Balaban J connectivity index is 2.38. The zero-order valence-electron chi connectivity index (χ0n) is 14.1. The average Bonchev–Trinajstić information content (AvgIpc) is 2.66. The van der Waals surface area contributed by atoms with Gasteiger partial charge in [0, 0.05) is 11.3 Å². The number of hydrogen-bond acceptors (Lipinski definition) is 2. The van der Waals surface area contributed by atoms with Gasteiger partial charge in [0.2, 0.25) is 0 Å². The van der Waals surface area contributed by atoms with Crippen molar-refractivity contribution in [2.45, 2.75) is 38.8 Å². The fraction of sp³-hybridized carbons (Fsp3) is 0.300. The first-order chi connectivity index (χ1) is 10.8. The SMILES string of the molecule is CC1(C)C(c2ccccc2)=C(c2ccccc2N)C(C)(C)N1[O]. The third-order valence-corrected chi connectivity index (χ3v) is 4.78. The summed E-state index contributed by atoms with van der Waals surface area (Å²) in [5.74, 6) is 0. The zero-order chi connectivity index (χ0) is 16.8. The standard InChI is InChI=1S/C20H23N2O/c1-19(2)17(14-10-6-5-7-11-14)18(20(3,4)22(19)23)15-12-8-9-13-16(15)21/h5-13H,21H2,1-4H3. The van der Waals surface area contributed by atoms with Gasteiger partial charge in [-0.05, 0) is 50.5 Å². The second-order valence-electron chi connectivity index (χ2n) is 7.12. The Kier molecular flexibility index (Phi) is 3.58. The van der Waals surface area contributed by atoms with Crippen molar-refractivity contribution in [2.24, 2.45) is 0 Å². The molecule has 0 bridgehead atoms. The van der Waals surface area contributed by atoms with E-state index in [4.69, 9.17) is 5.73 Å². The van der Waals surface area contributed by atoms with E-state index in [0.717, 1.165) is 22.3 Å². The van der Waals surface area contributed by atoms with Gasteiger partial charge in [0.25, 0.3) is 0 Å². The number of nitrogens with zero attached hydrogens (tertiary/aromatic N) is 1. The predicted octanol–water partition coefficient (Wildman–Crippen LogP) is 4.40. The predicted molar refractivity (Wildman–Crippen MR) is 94.8 cm³/mol. The molecule has 1 aliphatic rings. The highest BCUT2D eigenvalue weighted by molar-refractivity contribution is 6.02. The van der Waals surface area contributed by atoms with E-state index in [0.29, 0.717) is 5.69 Å². The molecule has 3 heteroatoms. The molecule has 0 saturated heterocycles. The summed E-state index contributed by atoms with van der Waals surface area (Å²) in [5.41, 5.74) is 9.76. The third kappa shape index (κ3) is 2.28. The minimum absolute atomic E-state index is 0.623. The number of rotatable bonds is 2. The van der Waals surface area contributed by atoms with Crippen LogP contribution in [0.1, 0.15) is 38.8 Å². The Hall–Kier alpha value is -2.10. The zero-order valence-corrected chi connectivity index (χ0v) is 14.1. The molecule has 0 amide bonds. The van der Waals surface area contributed by atoms with Gasteiger partial charge >= 0.3 is 0 Å². The largest absolute Gasteiger partial charge is 0.398 e. The number of para-hydroxylation sites is 1. The van der Waals surface area contributed by atoms with Crippen LogP contribution >= 0.6 is 0 Å². The Morgan fingerprint density at radius 2 is 1.30 bits per heavy atom. The van der Waals surface area contributed by atoms with Crippen LogP contribution in [0.2, 0.25) is 0 Å². The van der Waals surface area contributed by atoms with E-state index in [1.807, 2.05) is 70.2 Å². The van der Waals surface area contributed by atoms with Crippen LogP contribution in [0.5, 0.6) is 0 Å². The van der Waals surface area contributed by atoms with Crippen LogP contribution in [0.4, 0.5) is 5.69 Å². The van der Waals surface area contributed by atoms with Gasteiger partial charge in [-0.1, -0.05) is 48.5 Å². The molecule has 0 fully saturated rings. The normalized spacial score (nSPS) is 20.0. The maximum Gasteiger partial charge on any atom is 0.0705 e. The van der Waals surface area contributed by atoms with Crippen LogP contribution in [0.3, 0.4) is 0 Å². The molecule has 0 atom stereocenters. The number of nitrogens with two attached hydrogens (primary N) is 1. The molecule has 1 radical (unpaired) electrons. The average molecular weight is 307 g/mol. The summed E-state index contributed by atoms with van der Waals surface area (Å²) < 4.78 is 0. The fourth-order valence-corrected chi connectivity index (χ4v) is 3.80. The number of benzene rings is 2. The molecule has 0 unspecified atom stereocenters. The van der Waals surface area contributed by atoms with Crippen molar-refractivity contribution in [3.8, 4) is 0 Å². The van der Waals surface area contributed by atoms with Crippen molar-refractivity contribution >= 4 is 16.8 Å². The smallest absolute Gasteiger partial charge is 0.0705 e. The van der Waals surface area contributed by atoms with Gasteiger partial charge in [0.05, 0.1) is 11.1 Å². The molecule has 3 nitrogen and oxygen atoms in total. The van der Waals surface area contributed by atoms with Crippen LogP contribution in [0, 0.1) is 0 Å². The maximum atomic E-state index is 13.1. The lowest BCUT2D eigenvalue weighted by atomic mass is 9.82. The third-order valence-electron chi connectivity index (χ3n) is 4.78. The van der Waals surface area contributed by atoms with E-state index < -0.39 is 11.1 Å². The molecule has 0 aromatic heterocycles. The minimum Gasteiger partial charge on any atom is -0.398 e. The Bertz CT molecular complexity index is 760. The van der Waals surface area contributed by atoms with Gasteiger partial charge in [-0.2, -0.15) is 0 Å². The fourth-order valence-electron chi connectivity index (χ4n) is 3.80. The van der Waals surface area contributed by atoms with Gasteiger partial charge in [0.1, 0.15) is 0 Å². The summed E-state index contributed by atoms with van der Waals surface area (Å²) in [6.45, 7) is 7.91. The lowest BCUT2D eigenvalue weighted by Crippen LogP contribution is -2.47. The highest BCUT2D eigenvalue weighted by Crippen LogP contribution is 2.53. The molecule has 1 heterocycles. The number of hydroxylamine groups is 2. The summed E-state index contributed by atoms with van der Waals surface area (Å²) >= 11 is 0. The molecule has 2 aromatic carbocycles. The first kappa shape index (κ1) is 15.8. The Morgan fingerprint density at radius 1 is 0.783 bits per heavy atom. The van der Waals surface area contributed by atoms with Gasteiger partial charge < -0.3 is 5.73 Å². The molecular weight excluding hydrogens is 284 g/mol. The van der Waals surface area contributed by atoms with Crippen LogP contribution < -0.4 is 5.73 Å². The first-order valence-electron chi connectivity index (χ1n) is 7.91. The van der Waals surface area contributed by atoms with Crippen molar-refractivity contribution < 1.29 is 5.21 Å². The van der Waals surface area contributed by atoms with E-state index in [-0.39, 0.29) is 0 Å². The van der Waals surface area contributed by atoms with E-state index in [1.54, 1.807) is 0 Å². The maximum absolute atomic E-state index is 13.1. The minimum atomic E-state index is -0.649. The van der Waals surface area contributed by atoms with Crippen LogP contribution in [-0.4, -0.2) is 16.1 Å². The van der Waals surface area contributed by atoms with Crippen molar-refractivity contribution in [1.82, 2.24) is 5.06 Å². The topological polar surface area (TPSA) is 49.2 Å². The van der Waals surface area contributed by atoms with Crippen molar-refractivity contribution in [2.75, 3.05) is 5.73 Å². The molecule has 3 rings (SSSR count). The monoisotopic (exact) mass is 307 g/mol. The van der Waals surface area contributed by atoms with E-state index >= 15 is 0 Å². The first-order valence-corrected chi connectivity index (χ1v) is 7.91. The van der Waals surface area contributed by atoms with Gasteiger partial charge in [-0.15, -0.1) is 10.3 Å². The number of anilines is 1. The Labute approximate surface area is 138 Å². The highest BCUT2D eigenvalue weighted by atomic mass is 16.5. The number of hydrogen-bond donors (Lipinski definition) is 1. The molecule has 0 aliphatic carbocycles. The van der Waals surface area contributed by atoms with Gasteiger partial charge in [0.15, 0.2) is 0 Å². The summed E-state index contributed by atoms with van der Waals surface area (Å²) in [6.07, 6.45) is 0. The van der Waals surface area contributed by atoms with Crippen LogP contribution in [0.25, 0.3) is 11.1 Å². The molecule has 0 saturated carbocycles. The summed E-state index contributed by atoms with van der Waals surface area (Å²) in [7, 11) is 0. The van der Waals surface area contributed by atoms with Gasteiger partial charge in [-0.25, -0.2) is 0 Å². The Morgan fingerprint density at radius 3 is 1.91 bits per heavy atom. The lowest BCUT2D eigenvalue weighted by molar-refractivity contribution is -0.232. The molecule has 119 valence electrons. The van der Waals surface area contributed by atoms with Crippen LogP contribution in [-0.2, 0) is 5.21 Å². The highest BCUT2D eigenvalue weighted by Gasteiger charge is 2.52. The summed E-state index contributed by atoms with van der Waals surface area (Å²) in [5, 5.41) is 14.3. The molecule has 23 heavy (non-hydrogen) atoms. The second-order valence-corrected chi connectivity index (χ2v) is 7.12. The molecule has 2 N–H and O–H groups in total. The molecule has 2 aromatic rings. The number of nitrogen functional groups attached to an aromatic ring is 1. The van der Waals surface area contributed by atoms with E-state index in [2.05, 4.69) is 12.1 Å². The van der Waals surface area contributed by atoms with Crippen molar-refractivity contribution in [3.63, 3.8) is 0 Å². The second kappa shape index (κ2) is 5.22. The molecular formula is C20H23N2O. The lowest BCUT2D eigenvalue weighted by Gasteiger charge is -2.34. The van der Waals surface area contributed by atoms with Crippen molar-refractivity contribution in [1.29, 1.82) is 0 Å². The summed E-state index contributed by atoms with van der Waals surface area (Å²) in [4.78, 5) is 0. The summed E-state index contributed by atoms with van der Waals surface area (Å²) in [6, 6.07) is 17.9. The quantitative estimate of drug-likeness (QED) is 0.836. The van der Waals surface area contributed by atoms with Crippen LogP contribution in [0.15, 0.2) is 54.6 Å². The van der Waals surface area contributed by atoms with Gasteiger partial charge in [-0.3, -0.25) is 0 Å². The molecule has 1 aliphatic heterocycles.